The second-order valence-electron chi connectivity index (χ2n) is 4.22. The van der Waals surface area contributed by atoms with E-state index in [1.807, 2.05) is 12.1 Å². The summed E-state index contributed by atoms with van der Waals surface area (Å²) in [5, 5.41) is 6.95. The van der Waals surface area contributed by atoms with Crippen LogP contribution >= 0.6 is 15.9 Å². The van der Waals surface area contributed by atoms with Gasteiger partial charge in [0.05, 0.1) is 11.3 Å². The minimum absolute atomic E-state index is 0.307. The Morgan fingerprint density at radius 1 is 1.15 bits per heavy atom. The maximum Gasteiger partial charge on any atom is 0.153 e. The zero-order valence-electron chi connectivity index (χ0n) is 10.3. The molecule has 2 heterocycles. The van der Waals surface area contributed by atoms with Crippen LogP contribution in [0, 0.1) is 5.82 Å². The highest BCUT2D eigenvalue weighted by Crippen LogP contribution is 2.37. The van der Waals surface area contributed by atoms with Gasteiger partial charge < -0.3 is 5.73 Å². The standard InChI is InChI=1S/C14H10BrFN4/c15-11-7-9(16)1-2-10(11)13-12(14(17)20-19-13)8-3-5-18-6-4-8/h1-7H,(H3,17,19,20). The molecule has 0 unspecified atom stereocenters. The molecule has 0 fully saturated rings. The van der Waals surface area contributed by atoms with Gasteiger partial charge >= 0.3 is 0 Å². The summed E-state index contributed by atoms with van der Waals surface area (Å²) in [5.41, 5.74) is 9.15. The number of aromatic nitrogens is 3. The number of aromatic amines is 1. The number of nitrogens with two attached hydrogens (primary N) is 1. The molecule has 0 saturated carbocycles. The highest BCUT2D eigenvalue weighted by atomic mass is 79.9. The lowest BCUT2D eigenvalue weighted by Gasteiger charge is -2.06. The van der Waals surface area contributed by atoms with Gasteiger partial charge in [0.1, 0.15) is 5.82 Å². The molecule has 3 rings (SSSR count). The van der Waals surface area contributed by atoms with Crippen molar-refractivity contribution < 1.29 is 4.39 Å². The molecule has 20 heavy (non-hydrogen) atoms. The first-order valence-electron chi connectivity index (χ1n) is 5.86. The van der Waals surface area contributed by atoms with Crippen molar-refractivity contribution >= 4 is 21.7 Å². The average Bonchev–Trinajstić information content (AvgIpc) is 2.81. The third kappa shape index (κ3) is 2.18. The van der Waals surface area contributed by atoms with Gasteiger partial charge in [-0.3, -0.25) is 10.1 Å². The summed E-state index contributed by atoms with van der Waals surface area (Å²) in [6, 6.07) is 8.18. The van der Waals surface area contributed by atoms with E-state index in [0.717, 1.165) is 22.4 Å². The molecule has 1 aromatic carbocycles. The molecule has 0 amide bonds. The highest BCUT2D eigenvalue weighted by Gasteiger charge is 2.16. The first kappa shape index (κ1) is 12.8. The lowest BCUT2D eigenvalue weighted by molar-refractivity contribution is 0.627. The molecular weight excluding hydrogens is 323 g/mol. The zero-order valence-corrected chi connectivity index (χ0v) is 11.9. The average molecular weight is 333 g/mol. The molecule has 100 valence electrons. The molecule has 3 aromatic rings. The van der Waals surface area contributed by atoms with E-state index in [2.05, 4.69) is 31.1 Å². The molecule has 3 N–H and O–H groups in total. The Bertz CT molecular complexity index is 755. The Hall–Kier alpha value is -2.21. The quantitative estimate of drug-likeness (QED) is 0.753. The van der Waals surface area contributed by atoms with Crippen LogP contribution in [0.2, 0.25) is 0 Å². The number of nitrogen functional groups attached to an aromatic ring is 1. The number of benzene rings is 1. The molecule has 0 aliphatic carbocycles. The predicted octanol–water partition coefficient (Wildman–Crippen LogP) is 3.62. The van der Waals surface area contributed by atoms with E-state index in [1.165, 1.54) is 12.1 Å². The summed E-state index contributed by atoms with van der Waals surface area (Å²) >= 11 is 3.36. The van der Waals surface area contributed by atoms with Gasteiger partial charge in [0, 0.05) is 22.4 Å². The topological polar surface area (TPSA) is 67.6 Å². The van der Waals surface area contributed by atoms with E-state index in [9.17, 15) is 4.39 Å². The van der Waals surface area contributed by atoms with Gasteiger partial charge in [0.25, 0.3) is 0 Å². The fourth-order valence-corrected chi connectivity index (χ4v) is 2.60. The number of anilines is 1. The van der Waals surface area contributed by atoms with Gasteiger partial charge in [-0.25, -0.2) is 4.39 Å². The first-order chi connectivity index (χ1) is 9.66. The summed E-state index contributed by atoms with van der Waals surface area (Å²) in [6.07, 6.45) is 3.37. The number of nitrogens with zero attached hydrogens (tertiary/aromatic N) is 2. The van der Waals surface area contributed by atoms with Crippen molar-refractivity contribution in [1.82, 2.24) is 15.2 Å². The van der Waals surface area contributed by atoms with Crippen molar-refractivity contribution in [1.29, 1.82) is 0 Å². The molecular formula is C14H10BrFN4. The van der Waals surface area contributed by atoms with Gasteiger partial charge in [0.15, 0.2) is 5.82 Å². The van der Waals surface area contributed by atoms with Crippen LogP contribution in [0.5, 0.6) is 0 Å². The zero-order chi connectivity index (χ0) is 14.1. The van der Waals surface area contributed by atoms with Crippen LogP contribution in [0.1, 0.15) is 0 Å². The van der Waals surface area contributed by atoms with E-state index >= 15 is 0 Å². The van der Waals surface area contributed by atoms with Crippen molar-refractivity contribution in [2.75, 3.05) is 5.73 Å². The molecule has 0 aliphatic rings. The van der Waals surface area contributed by atoms with Crippen molar-refractivity contribution in [2.45, 2.75) is 0 Å². The van der Waals surface area contributed by atoms with Gasteiger partial charge in [-0.05, 0) is 51.8 Å². The Balaban J connectivity index is 2.21. The number of H-pyrrole nitrogens is 1. The molecule has 0 atom stereocenters. The van der Waals surface area contributed by atoms with Crippen LogP contribution in [0.15, 0.2) is 47.2 Å². The molecule has 0 radical (unpaired) electrons. The summed E-state index contributed by atoms with van der Waals surface area (Å²) in [5.74, 6) is 0.0843. The summed E-state index contributed by atoms with van der Waals surface area (Å²) in [4.78, 5) is 3.99. The van der Waals surface area contributed by atoms with Gasteiger partial charge in [-0.1, -0.05) is 0 Å². The van der Waals surface area contributed by atoms with Crippen molar-refractivity contribution in [2.24, 2.45) is 0 Å². The lowest BCUT2D eigenvalue weighted by atomic mass is 10.0. The normalized spacial score (nSPS) is 10.7. The van der Waals surface area contributed by atoms with Crippen LogP contribution < -0.4 is 5.73 Å². The van der Waals surface area contributed by atoms with Crippen LogP contribution in [0.3, 0.4) is 0 Å². The second-order valence-corrected chi connectivity index (χ2v) is 5.07. The minimum Gasteiger partial charge on any atom is -0.382 e. The Kier molecular flexibility index (Phi) is 3.23. The largest absolute Gasteiger partial charge is 0.382 e. The van der Waals surface area contributed by atoms with Gasteiger partial charge in [0.2, 0.25) is 0 Å². The van der Waals surface area contributed by atoms with E-state index in [1.54, 1.807) is 18.5 Å². The minimum atomic E-state index is -0.307. The number of hydrogen-bond donors (Lipinski definition) is 2. The van der Waals surface area contributed by atoms with E-state index < -0.39 is 0 Å². The Morgan fingerprint density at radius 3 is 2.60 bits per heavy atom. The smallest absolute Gasteiger partial charge is 0.153 e. The molecule has 6 heteroatoms. The van der Waals surface area contributed by atoms with Crippen LogP contribution in [0.4, 0.5) is 10.2 Å². The van der Waals surface area contributed by atoms with E-state index in [-0.39, 0.29) is 5.82 Å². The number of rotatable bonds is 2. The van der Waals surface area contributed by atoms with Gasteiger partial charge in [-0.15, -0.1) is 0 Å². The maximum absolute atomic E-state index is 13.2. The van der Waals surface area contributed by atoms with E-state index in [0.29, 0.717) is 10.3 Å². The van der Waals surface area contributed by atoms with Crippen molar-refractivity contribution in [3.63, 3.8) is 0 Å². The van der Waals surface area contributed by atoms with Crippen molar-refractivity contribution in [3.8, 4) is 22.4 Å². The highest BCUT2D eigenvalue weighted by molar-refractivity contribution is 9.10. The van der Waals surface area contributed by atoms with Crippen LogP contribution in [0.25, 0.3) is 22.4 Å². The number of nitrogens with one attached hydrogen (secondary N) is 1. The summed E-state index contributed by atoms with van der Waals surface area (Å²) in [6.45, 7) is 0. The fraction of sp³-hybridized carbons (Fsp3) is 0. The molecule has 0 aliphatic heterocycles. The molecule has 0 bridgehead atoms. The third-order valence-electron chi connectivity index (χ3n) is 2.96. The molecule has 4 nitrogen and oxygen atoms in total. The monoisotopic (exact) mass is 332 g/mol. The fourth-order valence-electron chi connectivity index (χ4n) is 2.05. The number of hydrogen-bond acceptors (Lipinski definition) is 3. The summed E-state index contributed by atoms with van der Waals surface area (Å²) in [7, 11) is 0. The maximum atomic E-state index is 13.2. The number of pyridine rings is 1. The second kappa shape index (κ2) is 5.05. The Morgan fingerprint density at radius 2 is 1.90 bits per heavy atom. The summed E-state index contributed by atoms with van der Waals surface area (Å²) < 4.78 is 13.8. The Labute approximate surface area is 123 Å². The number of halogens is 2. The molecule has 0 spiro atoms. The van der Waals surface area contributed by atoms with Gasteiger partial charge in [-0.2, -0.15) is 5.10 Å². The van der Waals surface area contributed by atoms with E-state index in [4.69, 9.17) is 5.73 Å². The van der Waals surface area contributed by atoms with Crippen LogP contribution in [-0.2, 0) is 0 Å². The molecule has 0 saturated heterocycles. The first-order valence-corrected chi connectivity index (χ1v) is 6.66. The van der Waals surface area contributed by atoms with Crippen molar-refractivity contribution in [3.05, 3.63) is 53.0 Å². The predicted molar refractivity (Wildman–Crippen MR) is 79.3 cm³/mol. The lowest BCUT2D eigenvalue weighted by Crippen LogP contribution is -1.89. The SMILES string of the molecule is Nc1n[nH]c(-c2ccc(F)cc2Br)c1-c1ccncc1. The third-order valence-corrected chi connectivity index (χ3v) is 3.62. The van der Waals surface area contributed by atoms with Crippen LogP contribution in [-0.4, -0.2) is 15.2 Å². The molecule has 2 aromatic heterocycles.